The van der Waals surface area contributed by atoms with Crippen molar-refractivity contribution in [3.05, 3.63) is 33.9 Å². The third-order valence-corrected chi connectivity index (χ3v) is 4.93. The van der Waals surface area contributed by atoms with Gasteiger partial charge in [-0.25, -0.2) is 12.7 Å². The molecule has 0 aliphatic rings. The third-order valence-electron chi connectivity index (χ3n) is 2.93. The number of carboxylic acid groups (broad SMARTS) is 1. The van der Waals surface area contributed by atoms with E-state index in [-0.39, 0.29) is 30.0 Å². The van der Waals surface area contributed by atoms with Crippen LogP contribution in [-0.2, 0) is 14.8 Å². The molecule has 0 amide bonds. The number of hydrogen-bond acceptors (Lipinski definition) is 5. The highest BCUT2D eigenvalue weighted by atomic mass is 32.2. The molecule has 0 bridgehead atoms. The molecule has 0 radical (unpaired) electrons. The standard InChI is InChI=1S/C12H16N2O6S/c1-9-5-6-10(14(17)18)8-11(9)21(19,20)13(2)7-3-4-12(15)16/h5-6,8H,3-4,7H2,1-2H3,(H,15,16). The summed E-state index contributed by atoms with van der Waals surface area (Å²) in [5.41, 5.74) is 0.0868. The number of rotatable bonds is 7. The predicted octanol–water partition coefficient (Wildman–Crippen LogP) is 1.39. The summed E-state index contributed by atoms with van der Waals surface area (Å²) >= 11 is 0. The van der Waals surface area contributed by atoms with Gasteiger partial charge in [-0.1, -0.05) is 6.07 Å². The van der Waals surface area contributed by atoms with E-state index in [1.165, 1.54) is 19.2 Å². The summed E-state index contributed by atoms with van der Waals surface area (Å²) in [4.78, 5) is 20.4. The average molecular weight is 316 g/mol. The van der Waals surface area contributed by atoms with Crippen molar-refractivity contribution >= 4 is 21.7 Å². The second-order valence-corrected chi connectivity index (χ2v) is 6.54. The van der Waals surface area contributed by atoms with E-state index < -0.39 is 20.9 Å². The van der Waals surface area contributed by atoms with E-state index >= 15 is 0 Å². The Bertz CT molecular complexity index is 656. The fraction of sp³-hybridized carbons (Fsp3) is 0.417. The first-order chi connectivity index (χ1) is 9.66. The van der Waals surface area contributed by atoms with Gasteiger partial charge in [-0.05, 0) is 18.9 Å². The van der Waals surface area contributed by atoms with E-state index in [1.807, 2.05) is 0 Å². The number of carboxylic acids is 1. The molecule has 0 saturated heterocycles. The van der Waals surface area contributed by atoms with Gasteiger partial charge in [-0.3, -0.25) is 14.9 Å². The second-order valence-electron chi connectivity index (χ2n) is 4.53. The van der Waals surface area contributed by atoms with Crippen LogP contribution in [0, 0.1) is 17.0 Å². The summed E-state index contributed by atoms with van der Waals surface area (Å²) in [7, 11) is -2.57. The average Bonchev–Trinajstić information content (AvgIpc) is 2.37. The van der Waals surface area contributed by atoms with E-state index in [0.29, 0.717) is 5.56 Å². The first kappa shape index (κ1) is 17.1. The number of sulfonamides is 1. The quantitative estimate of drug-likeness (QED) is 0.600. The van der Waals surface area contributed by atoms with E-state index in [0.717, 1.165) is 10.4 Å². The number of benzene rings is 1. The highest BCUT2D eigenvalue weighted by Gasteiger charge is 2.24. The number of aliphatic carboxylic acids is 1. The van der Waals surface area contributed by atoms with Crippen LogP contribution < -0.4 is 0 Å². The Kier molecular flexibility index (Phi) is 5.39. The smallest absolute Gasteiger partial charge is 0.303 e. The van der Waals surface area contributed by atoms with Gasteiger partial charge in [0, 0.05) is 32.1 Å². The van der Waals surface area contributed by atoms with Gasteiger partial charge < -0.3 is 5.11 Å². The van der Waals surface area contributed by atoms with Crippen molar-refractivity contribution in [3.8, 4) is 0 Å². The maximum Gasteiger partial charge on any atom is 0.303 e. The van der Waals surface area contributed by atoms with Gasteiger partial charge in [0.25, 0.3) is 5.69 Å². The van der Waals surface area contributed by atoms with Crippen LogP contribution in [0.25, 0.3) is 0 Å². The highest BCUT2D eigenvalue weighted by Crippen LogP contribution is 2.24. The fourth-order valence-electron chi connectivity index (χ4n) is 1.72. The molecule has 9 heteroatoms. The Balaban J connectivity index is 3.04. The number of nitro groups is 1. The van der Waals surface area contributed by atoms with Crippen LogP contribution in [0.15, 0.2) is 23.1 Å². The van der Waals surface area contributed by atoms with Gasteiger partial charge in [0.15, 0.2) is 0 Å². The third kappa shape index (κ3) is 4.23. The molecule has 0 spiro atoms. The number of non-ortho nitro benzene ring substituents is 1. The summed E-state index contributed by atoms with van der Waals surface area (Å²) in [6.45, 7) is 1.57. The maximum atomic E-state index is 12.4. The number of aryl methyl sites for hydroxylation is 1. The first-order valence-electron chi connectivity index (χ1n) is 6.09. The van der Waals surface area contributed by atoms with Gasteiger partial charge in [-0.15, -0.1) is 0 Å². The Morgan fingerprint density at radius 2 is 2.05 bits per heavy atom. The Morgan fingerprint density at radius 3 is 2.57 bits per heavy atom. The SMILES string of the molecule is Cc1ccc([N+](=O)[O-])cc1S(=O)(=O)N(C)CCCC(=O)O. The molecular formula is C12H16N2O6S. The molecule has 0 unspecified atom stereocenters. The Labute approximate surface area is 122 Å². The minimum absolute atomic E-state index is 0.0246. The lowest BCUT2D eigenvalue weighted by molar-refractivity contribution is -0.385. The van der Waals surface area contributed by atoms with Crippen molar-refractivity contribution in [1.82, 2.24) is 4.31 Å². The molecule has 21 heavy (non-hydrogen) atoms. The molecule has 0 saturated carbocycles. The van der Waals surface area contributed by atoms with Crippen LogP contribution in [0.5, 0.6) is 0 Å². The fourth-order valence-corrected chi connectivity index (χ4v) is 3.17. The molecular weight excluding hydrogens is 300 g/mol. The van der Waals surface area contributed by atoms with Crippen LogP contribution in [0.4, 0.5) is 5.69 Å². The first-order valence-corrected chi connectivity index (χ1v) is 7.53. The largest absolute Gasteiger partial charge is 0.481 e. The Hall–Kier alpha value is -2.00. The van der Waals surface area contributed by atoms with Crippen molar-refractivity contribution in [2.45, 2.75) is 24.7 Å². The minimum atomic E-state index is -3.89. The number of nitro benzene ring substituents is 1. The van der Waals surface area contributed by atoms with Crippen LogP contribution >= 0.6 is 0 Å². The zero-order chi connectivity index (χ0) is 16.2. The highest BCUT2D eigenvalue weighted by molar-refractivity contribution is 7.89. The monoisotopic (exact) mass is 316 g/mol. The topological polar surface area (TPSA) is 118 Å². The maximum absolute atomic E-state index is 12.4. The molecule has 116 valence electrons. The molecule has 0 aliphatic heterocycles. The van der Waals surface area contributed by atoms with Crippen molar-refractivity contribution in [3.63, 3.8) is 0 Å². The summed E-state index contributed by atoms with van der Waals surface area (Å²) in [6, 6.07) is 3.62. The molecule has 0 heterocycles. The lowest BCUT2D eigenvalue weighted by Crippen LogP contribution is -2.29. The lowest BCUT2D eigenvalue weighted by atomic mass is 10.2. The van der Waals surface area contributed by atoms with Crippen LogP contribution in [-0.4, -0.2) is 42.3 Å². The van der Waals surface area contributed by atoms with E-state index in [4.69, 9.17) is 5.11 Å². The number of hydrogen-bond donors (Lipinski definition) is 1. The molecule has 1 rings (SSSR count). The minimum Gasteiger partial charge on any atom is -0.481 e. The van der Waals surface area contributed by atoms with Gasteiger partial charge >= 0.3 is 5.97 Å². The van der Waals surface area contributed by atoms with Gasteiger partial charge in [0.1, 0.15) is 0 Å². The molecule has 0 aliphatic carbocycles. The molecule has 0 aromatic heterocycles. The summed E-state index contributed by atoms with van der Waals surface area (Å²) < 4.78 is 25.7. The van der Waals surface area contributed by atoms with Crippen LogP contribution in [0.2, 0.25) is 0 Å². The number of carbonyl (C=O) groups is 1. The molecule has 8 nitrogen and oxygen atoms in total. The van der Waals surface area contributed by atoms with E-state index in [1.54, 1.807) is 6.92 Å². The van der Waals surface area contributed by atoms with Crippen LogP contribution in [0.3, 0.4) is 0 Å². The lowest BCUT2D eigenvalue weighted by Gasteiger charge is -2.18. The van der Waals surface area contributed by atoms with Crippen molar-refractivity contribution in [2.24, 2.45) is 0 Å². The summed E-state index contributed by atoms with van der Waals surface area (Å²) in [5.74, 6) is -1.01. The van der Waals surface area contributed by atoms with E-state index in [9.17, 15) is 23.3 Å². The molecule has 1 N–H and O–H groups in total. The van der Waals surface area contributed by atoms with Crippen molar-refractivity contribution < 1.29 is 23.2 Å². The van der Waals surface area contributed by atoms with Gasteiger partial charge in [0.2, 0.25) is 10.0 Å². The van der Waals surface area contributed by atoms with Crippen molar-refractivity contribution in [2.75, 3.05) is 13.6 Å². The van der Waals surface area contributed by atoms with Gasteiger partial charge in [-0.2, -0.15) is 0 Å². The molecule has 0 atom stereocenters. The van der Waals surface area contributed by atoms with E-state index in [2.05, 4.69) is 0 Å². The normalized spacial score (nSPS) is 11.6. The molecule has 0 fully saturated rings. The summed E-state index contributed by atoms with van der Waals surface area (Å²) in [5, 5.41) is 19.3. The molecule has 1 aromatic carbocycles. The molecule has 1 aromatic rings. The predicted molar refractivity (Wildman–Crippen MR) is 74.5 cm³/mol. The van der Waals surface area contributed by atoms with Crippen LogP contribution in [0.1, 0.15) is 18.4 Å². The Morgan fingerprint density at radius 1 is 1.43 bits per heavy atom. The number of nitrogens with zero attached hydrogens (tertiary/aromatic N) is 2. The second kappa shape index (κ2) is 6.64. The van der Waals surface area contributed by atoms with Crippen molar-refractivity contribution in [1.29, 1.82) is 0 Å². The summed E-state index contributed by atoms with van der Waals surface area (Å²) in [6.07, 6.45) is 0.0207. The van der Waals surface area contributed by atoms with Gasteiger partial charge in [0.05, 0.1) is 9.82 Å². The zero-order valence-electron chi connectivity index (χ0n) is 11.6. The zero-order valence-corrected chi connectivity index (χ0v) is 12.5.